The van der Waals surface area contributed by atoms with E-state index in [9.17, 15) is 4.79 Å². The second-order valence-electron chi connectivity index (χ2n) is 4.31. The number of allylic oxidation sites excluding steroid dienone is 2. The van der Waals surface area contributed by atoms with Crippen LogP contribution in [0.15, 0.2) is 25.3 Å². The number of hydrogen-bond donors (Lipinski definition) is 0. The summed E-state index contributed by atoms with van der Waals surface area (Å²) in [6.45, 7) is 7.37. The second-order valence-corrected chi connectivity index (χ2v) is 4.31. The van der Waals surface area contributed by atoms with Crippen molar-refractivity contribution in [1.82, 2.24) is 0 Å². The van der Waals surface area contributed by atoms with Crippen LogP contribution >= 0.6 is 0 Å². The van der Waals surface area contributed by atoms with Crippen molar-refractivity contribution in [3.8, 4) is 0 Å². The smallest absolute Gasteiger partial charge is 0.132 e. The van der Waals surface area contributed by atoms with Crippen molar-refractivity contribution < 1.29 is 4.79 Å². The van der Waals surface area contributed by atoms with E-state index in [1.165, 1.54) is 12.8 Å². The molecule has 92 valence electrons. The van der Waals surface area contributed by atoms with Crippen LogP contribution in [0.5, 0.6) is 0 Å². The minimum atomic E-state index is 0.442. The van der Waals surface area contributed by atoms with Gasteiger partial charge in [0, 0.05) is 12.8 Å². The van der Waals surface area contributed by atoms with Gasteiger partial charge >= 0.3 is 0 Å². The molecule has 0 amide bonds. The molecule has 0 aliphatic carbocycles. The molecule has 0 aromatic heterocycles. The minimum absolute atomic E-state index is 0.442. The van der Waals surface area contributed by atoms with Crippen molar-refractivity contribution in [1.29, 1.82) is 0 Å². The maximum atomic E-state index is 11.5. The summed E-state index contributed by atoms with van der Waals surface area (Å²) in [5, 5.41) is 0. The molecule has 1 heteroatoms. The highest BCUT2D eigenvalue weighted by molar-refractivity contribution is 5.78. The molecule has 0 saturated heterocycles. The van der Waals surface area contributed by atoms with Gasteiger partial charge in [-0.3, -0.25) is 4.79 Å². The summed E-state index contributed by atoms with van der Waals surface area (Å²) in [5.41, 5.74) is 0. The zero-order valence-corrected chi connectivity index (χ0v) is 10.5. The Kier molecular flexibility index (Phi) is 11.6. The van der Waals surface area contributed by atoms with Gasteiger partial charge in [0.25, 0.3) is 0 Å². The fourth-order valence-corrected chi connectivity index (χ4v) is 1.70. The monoisotopic (exact) mass is 222 g/mol. The molecule has 0 rings (SSSR count). The van der Waals surface area contributed by atoms with Crippen LogP contribution in [0.1, 0.15) is 64.2 Å². The Labute approximate surface area is 101 Å². The summed E-state index contributed by atoms with van der Waals surface area (Å²) in [4.78, 5) is 11.5. The molecule has 0 aliphatic rings. The van der Waals surface area contributed by atoms with E-state index in [2.05, 4.69) is 13.2 Å². The van der Waals surface area contributed by atoms with Gasteiger partial charge in [-0.15, -0.1) is 13.2 Å². The van der Waals surface area contributed by atoms with Crippen LogP contribution in [0.3, 0.4) is 0 Å². The Morgan fingerprint density at radius 3 is 1.56 bits per heavy atom. The summed E-state index contributed by atoms with van der Waals surface area (Å²) in [6.07, 6.45) is 14.4. The molecule has 0 fully saturated rings. The fraction of sp³-hybridized carbons (Fsp3) is 0.667. The third-order valence-electron chi connectivity index (χ3n) is 2.73. The number of ketones is 1. The molecular weight excluding hydrogens is 196 g/mol. The summed E-state index contributed by atoms with van der Waals surface area (Å²) in [6, 6.07) is 0. The van der Waals surface area contributed by atoms with Crippen LogP contribution in [0, 0.1) is 0 Å². The first-order valence-electron chi connectivity index (χ1n) is 6.54. The Hall–Kier alpha value is -0.850. The molecule has 0 aliphatic heterocycles. The molecule has 0 saturated carbocycles. The number of rotatable bonds is 12. The maximum absolute atomic E-state index is 11.5. The normalized spacial score (nSPS) is 10.0. The van der Waals surface area contributed by atoms with Crippen molar-refractivity contribution in [2.45, 2.75) is 64.2 Å². The summed E-state index contributed by atoms with van der Waals surface area (Å²) in [5.74, 6) is 0.442. The molecular formula is C15H26O. The van der Waals surface area contributed by atoms with E-state index < -0.39 is 0 Å². The minimum Gasteiger partial charge on any atom is -0.300 e. The summed E-state index contributed by atoms with van der Waals surface area (Å²) in [7, 11) is 0. The zero-order valence-electron chi connectivity index (χ0n) is 10.5. The van der Waals surface area contributed by atoms with Gasteiger partial charge in [-0.2, -0.15) is 0 Å². The van der Waals surface area contributed by atoms with Crippen LogP contribution in [0.25, 0.3) is 0 Å². The van der Waals surface area contributed by atoms with Crippen molar-refractivity contribution in [2.75, 3.05) is 0 Å². The number of carbonyl (C=O) groups excluding carboxylic acids is 1. The number of Topliss-reactive ketones (excluding diaryl/α,β-unsaturated/α-hetero) is 1. The van der Waals surface area contributed by atoms with Crippen molar-refractivity contribution in [3.05, 3.63) is 25.3 Å². The van der Waals surface area contributed by atoms with E-state index in [-0.39, 0.29) is 0 Å². The molecule has 0 spiro atoms. The Bertz CT molecular complexity index is 174. The van der Waals surface area contributed by atoms with E-state index in [1.54, 1.807) is 0 Å². The molecule has 0 atom stereocenters. The van der Waals surface area contributed by atoms with Gasteiger partial charge in [0.1, 0.15) is 5.78 Å². The van der Waals surface area contributed by atoms with E-state index in [1.807, 2.05) is 12.2 Å². The molecule has 0 heterocycles. The average molecular weight is 222 g/mol. The SMILES string of the molecule is C=CCCCCCC(=O)CCCCCC=C. The molecule has 0 unspecified atom stereocenters. The van der Waals surface area contributed by atoms with E-state index in [4.69, 9.17) is 0 Å². The molecule has 1 nitrogen and oxygen atoms in total. The topological polar surface area (TPSA) is 17.1 Å². The largest absolute Gasteiger partial charge is 0.300 e. The molecule has 0 aromatic carbocycles. The lowest BCUT2D eigenvalue weighted by Crippen LogP contribution is -1.97. The number of unbranched alkanes of at least 4 members (excludes halogenated alkanes) is 6. The van der Waals surface area contributed by atoms with E-state index >= 15 is 0 Å². The van der Waals surface area contributed by atoms with E-state index in [0.29, 0.717) is 5.78 Å². The van der Waals surface area contributed by atoms with Crippen LogP contribution in [0.2, 0.25) is 0 Å². The Balaban J connectivity index is 3.18. The number of carbonyl (C=O) groups is 1. The predicted molar refractivity (Wildman–Crippen MR) is 71.6 cm³/mol. The first-order chi connectivity index (χ1) is 7.81. The van der Waals surface area contributed by atoms with Crippen LogP contribution in [-0.2, 0) is 4.79 Å². The van der Waals surface area contributed by atoms with E-state index in [0.717, 1.165) is 51.4 Å². The third-order valence-corrected chi connectivity index (χ3v) is 2.73. The highest BCUT2D eigenvalue weighted by atomic mass is 16.1. The van der Waals surface area contributed by atoms with Gasteiger partial charge in [0.05, 0.1) is 0 Å². The average Bonchev–Trinajstić information content (AvgIpc) is 2.28. The molecule has 0 bridgehead atoms. The fourth-order valence-electron chi connectivity index (χ4n) is 1.70. The zero-order chi connectivity index (χ0) is 12.1. The lowest BCUT2D eigenvalue weighted by molar-refractivity contribution is -0.119. The predicted octanol–water partition coefficient (Wildman–Crippen LogP) is 4.83. The van der Waals surface area contributed by atoms with Gasteiger partial charge in [-0.05, 0) is 38.5 Å². The van der Waals surface area contributed by atoms with Crippen molar-refractivity contribution in [3.63, 3.8) is 0 Å². The van der Waals surface area contributed by atoms with Gasteiger partial charge in [-0.1, -0.05) is 25.0 Å². The molecule has 0 aromatic rings. The van der Waals surface area contributed by atoms with Crippen molar-refractivity contribution in [2.24, 2.45) is 0 Å². The Morgan fingerprint density at radius 2 is 1.19 bits per heavy atom. The van der Waals surface area contributed by atoms with Gasteiger partial charge in [0.2, 0.25) is 0 Å². The van der Waals surface area contributed by atoms with Crippen molar-refractivity contribution >= 4 is 5.78 Å². The van der Waals surface area contributed by atoms with Crippen LogP contribution in [-0.4, -0.2) is 5.78 Å². The molecule has 16 heavy (non-hydrogen) atoms. The lowest BCUT2D eigenvalue weighted by atomic mass is 10.0. The molecule has 0 N–H and O–H groups in total. The molecule has 0 radical (unpaired) electrons. The lowest BCUT2D eigenvalue weighted by Gasteiger charge is -2.00. The van der Waals surface area contributed by atoms with Crippen LogP contribution in [0.4, 0.5) is 0 Å². The van der Waals surface area contributed by atoms with Gasteiger partial charge in [0.15, 0.2) is 0 Å². The van der Waals surface area contributed by atoms with Gasteiger partial charge in [-0.25, -0.2) is 0 Å². The van der Waals surface area contributed by atoms with Gasteiger partial charge < -0.3 is 0 Å². The standard InChI is InChI=1S/C15H26O/c1-3-5-7-9-11-13-15(16)14-12-10-8-6-4-2/h3-4H,1-2,5-14H2. The highest BCUT2D eigenvalue weighted by Crippen LogP contribution is 2.09. The number of hydrogen-bond acceptors (Lipinski definition) is 1. The summed E-state index contributed by atoms with van der Waals surface area (Å²) >= 11 is 0. The maximum Gasteiger partial charge on any atom is 0.132 e. The second kappa shape index (κ2) is 12.2. The Morgan fingerprint density at radius 1 is 0.750 bits per heavy atom. The first-order valence-corrected chi connectivity index (χ1v) is 6.54. The first kappa shape index (κ1) is 15.2. The quantitative estimate of drug-likeness (QED) is 0.341. The highest BCUT2D eigenvalue weighted by Gasteiger charge is 2.01. The third kappa shape index (κ3) is 11.2. The van der Waals surface area contributed by atoms with Crippen LogP contribution < -0.4 is 0 Å². The summed E-state index contributed by atoms with van der Waals surface area (Å²) < 4.78 is 0.